The summed E-state index contributed by atoms with van der Waals surface area (Å²) in [6.07, 6.45) is 0.701. The minimum Gasteiger partial charge on any atom is -0.384 e. The molecule has 7 nitrogen and oxygen atoms in total. The van der Waals surface area contributed by atoms with Gasteiger partial charge in [0.05, 0.1) is 13.2 Å². The number of aryl methyl sites for hydroxylation is 1. The lowest BCUT2D eigenvalue weighted by Crippen LogP contribution is -2.53. The summed E-state index contributed by atoms with van der Waals surface area (Å²) in [5.41, 5.74) is 5.79. The number of nitrogens with zero attached hydrogens (tertiary/aromatic N) is 3. The molecule has 2 rings (SSSR count). The molecular formula is C12H19N5O2. The summed E-state index contributed by atoms with van der Waals surface area (Å²) >= 11 is 0. The lowest BCUT2D eigenvalue weighted by atomic mass is 10.2. The van der Waals surface area contributed by atoms with E-state index < -0.39 is 0 Å². The van der Waals surface area contributed by atoms with Gasteiger partial charge in [-0.05, 0) is 0 Å². The number of nitrogens with one attached hydrogen (secondary N) is 1. The third-order valence-electron chi connectivity index (χ3n) is 3.07. The normalized spacial score (nSPS) is 19.3. The third kappa shape index (κ3) is 2.93. The van der Waals surface area contributed by atoms with Gasteiger partial charge >= 0.3 is 0 Å². The topological polar surface area (TPSA) is 93.4 Å². The Hall–Kier alpha value is -1.89. The number of aromatic nitrogens is 2. The highest BCUT2D eigenvalue weighted by molar-refractivity contribution is 5.85. The van der Waals surface area contributed by atoms with Crippen LogP contribution in [0.4, 0.5) is 11.6 Å². The van der Waals surface area contributed by atoms with E-state index in [9.17, 15) is 4.79 Å². The van der Waals surface area contributed by atoms with E-state index in [4.69, 9.17) is 10.5 Å². The molecule has 1 fully saturated rings. The monoisotopic (exact) mass is 265 g/mol. The van der Waals surface area contributed by atoms with Crippen LogP contribution in [0.5, 0.6) is 0 Å². The Morgan fingerprint density at radius 3 is 3.11 bits per heavy atom. The molecule has 1 aromatic rings. The van der Waals surface area contributed by atoms with E-state index in [0.717, 1.165) is 0 Å². The first-order valence-corrected chi connectivity index (χ1v) is 6.35. The van der Waals surface area contributed by atoms with E-state index in [1.807, 2.05) is 11.8 Å². The molecule has 7 heteroatoms. The number of carbonyl (C=O) groups excluding carboxylic acids is 1. The van der Waals surface area contributed by atoms with Crippen LogP contribution in [-0.4, -0.2) is 48.7 Å². The zero-order chi connectivity index (χ0) is 13.8. The van der Waals surface area contributed by atoms with Gasteiger partial charge in [-0.25, -0.2) is 9.97 Å². The number of ether oxygens (including phenoxy) is 1. The number of amides is 1. The Bertz CT molecular complexity index is 465. The maximum atomic E-state index is 11.9. The Balaban J connectivity index is 2.31. The minimum absolute atomic E-state index is 0.0880. The van der Waals surface area contributed by atoms with Crippen molar-refractivity contribution in [2.24, 2.45) is 0 Å². The Kier molecular flexibility index (Phi) is 4.16. The predicted octanol–water partition coefficient (Wildman–Crippen LogP) is -0.428. The molecule has 0 radical (unpaired) electrons. The van der Waals surface area contributed by atoms with Crippen LogP contribution in [0, 0.1) is 0 Å². The maximum Gasteiger partial charge on any atom is 0.244 e. The van der Waals surface area contributed by atoms with E-state index in [1.54, 1.807) is 13.1 Å². The largest absolute Gasteiger partial charge is 0.384 e. The average Bonchev–Trinajstić information content (AvgIpc) is 2.45. The summed E-state index contributed by atoms with van der Waals surface area (Å²) in [7, 11) is 1.61. The van der Waals surface area contributed by atoms with Gasteiger partial charge < -0.3 is 20.7 Å². The van der Waals surface area contributed by atoms with Crippen molar-refractivity contribution in [3.63, 3.8) is 0 Å². The van der Waals surface area contributed by atoms with E-state index in [2.05, 4.69) is 15.3 Å². The molecule has 0 bridgehead atoms. The fraction of sp³-hybridized carbons (Fsp3) is 0.583. The first kappa shape index (κ1) is 13.5. The van der Waals surface area contributed by atoms with Crippen LogP contribution in [0.3, 0.4) is 0 Å². The Labute approximate surface area is 112 Å². The minimum atomic E-state index is -0.377. The number of morpholine rings is 1. The second-order valence-electron chi connectivity index (χ2n) is 4.32. The molecule has 1 unspecified atom stereocenters. The summed E-state index contributed by atoms with van der Waals surface area (Å²) in [6.45, 7) is 3.50. The van der Waals surface area contributed by atoms with Crippen molar-refractivity contribution in [1.82, 2.24) is 15.3 Å². The highest BCUT2D eigenvalue weighted by Crippen LogP contribution is 2.19. The van der Waals surface area contributed by atoms with Gasteiger partial charge in [0, 0.05) is 26.1 Å². The summed E-state index contributed by atoms with van der Waals surface area (Å²) < 4.78 is 5.37. The summed E-state index contributed by atoms with van der Waals surface area (Å²) in [4.78, 5) is 22.4. The van der Waals surface area contributed by atoms with Crippen LogP contribution >= 0.6 is 0 Å². The standard InChI is InChI=1S/C12H19N5O2/c1-3-10-15-9(13)6-11(16-10)17-4-5-19-7-8(17)12(18)14-2/h6,8H,3-5,7H2,1-2H3,(H,14,18)(H2,13,15,16). The SMILES string of the molecule is CCc1nc(N)cc(N2CCOCC2C(=O)NC)n1. The number of anilines is 2. The molecule has 0 spiro atoms. The van der Waals surface area contributed by atoms with Crippen molar-refractivity contribution in [3.8, 4) is 0 Å². The molecule has 104 valence electrons. The van der Waals surface area contributed by atoms with Crippen LogP contribution in [0.25, 0.3) is 0 Å². The lowest BCUT2D eigenvalue weighted by Gasteiger charge is -2.35. The summed E-state index contributed by atoms with van der Waals surface area (Å²) in [5.74, 6) is 1.69. The average molecular weight is 265 g/mol. The zero-order valence-electron chi connectivity index (χ0n) is 11.2. The van der Waals surface area contributed by atoms with Gasteiger partial charge in [0.2, 0.25) is 5.91 Å². The zero-order valence-corrected chi connectivity index (χ0v) is 11.2. The molecule has 0 aliphatic carbocycles. The fourth-order valence-electron chi connectivity index (χ4n) is 2.07. The predicted molar refractivity (Wildman–Crippen MR) is 71.8 cm³/mol. The lowest BCUT2D eigenvalue weighted by molar-refractivity contribution is -0.124. The van der Waals surface area contributed by atoms with Crippen molar-refractivity contribution in [2.75, 3.05) is 37.4 Å². The van der Waals surface area contributed by atoms with Crippen LogP contribution in [0.1, 0.15) is 12.7 Å². The van der Waals surface area contributed by atoms with Gasteiger partial charge in [-0.3, -0.25) is 4.79 Å². The smallest absolute Gasteiger partial charge is 0.244 e. The second kappa shape index (κ2) is 5.83. The number of likely N-dealkylation sites (N-methyl/N-ethyl adjacent to an activating group) is 1. The Morgan fingerprint density at radius 1 is 1.63 bits per heavy atom. The number of carbonyl (C=O) groups is 1. The third-order valence-corrected chi connectivity index (χ3v) is 3.07. The number of rotatable bonds is 3. The van der Waals surface area contributed by atoms with E-state index >= 15 is 0 Å². The molecule has 1 amide bonds. The van der Waals surface area contributed by atoms with Crippen molar-refractivity contribution >= 4 is 17.5 Å². The molecular weight excluding hydrogens is 246 g/mol. The fourth-order valence-corrected chi connectivity index (χ4v) is 2.07. The molecule has 1 aliphatic rings. The van der Waals surface area contributed by atoms with E-state index in [1.165, 1.54) is 0 Å². The maximum absolute atomic E-state index is 11.9. The van der Waals surface area contributed by atoms with E-state index in [0.29, 0.717) is 43.6 Å². The van der Waals surface area contributed by atoms with Crippen molar-refractivity contribution in [3.05, 3.63) is 11.9 Å². The molecule has 1 aromatic heterocycles. The van der Waals surface area contributed by atoms with Crippen LogP contribution in [0.15, 0.2) is 6.07 Å². The van der Waals surface area contributed by atoms with Gasteiger partial charge in [0.15, 0.2) is 0 Å². The Morgan fingerprint density at radius 2 is 2.42 bits per heavy atom. The molecule has 19 heavy (non-hydrogen) atoms. The number of hydrogen-bond acceptors (Lipinski definition) is 6. The number of hydrogen-bond donors (Lipinski definition) is 2. The van der Waals surface area contributed by atoms with Gasteiger partial charge in [0.1, 0.15) is 23.5 Å². The van der Waals surface area contributed by atoms with Crippen molar-refractivity contribution < 1.29 is 9.53 Å². The molecule has 0 aromatic carbocycles. The number of nitrogen functional groups attached to an aromatic ring is 1. The van der Waals surface area contributed by atoms with Crippen LogP contribution < -0.4 is 16.0 Å². The second-order valence-corrected chi connectivity index (χ2v) is 4.32. The van der Waals surface area contributed by atoms with Gasteiger partial charge in [-0.15, -0.1) is 0 Å². The van der Waals surface area contributed by atoms with Gasteiger partial charge in [-0.2, -0.15) is 0 Å². The molecule has 3 N–H and O–H groups in total. The molecule has 1 saturated heterocycles. The molecule has 1 atom stereocenters. The first-order valence-electron chi connectivity index (χ1n) is 6.35. The van der Waals surface area contributed by atoms with Gasteiger partial charge in [0.25, 0.3) is 0 Å². The quantitative estimate of drug-likeness (QED) is 0.770. The highest BCUT2D eigenvalue weighted by Gasteiger charge is 2.30. The van der Waals surface area contributed by atoms with Crippen LogP contribution in [0.2, 0.25) is 0 Å². The number of nitrogens with two attached hydrogens (primary N) is 1. The highest BCUT2D eigenvalue weighted by atomic mass is 16.5. The van der Waals surface area contributed by atoms with Crippen LogP contribution in [-0.2, 0) is 16.0 Å². The van der Waals surface area contributed by atoms with Gasteiger partial charge in [-0.1, -0.05) is 6.92 Å². The van der Waals surface area contributed by atoms with Crippen molar-refractivity contribution in [2.45, 2.75) is 19.4 Å². The van der Waals surface area contributed by atoms with Crippen molar-refractivity contribution in [1.29, 1.82) is 0 Å². The summed E-state index contributed by atoms with van der Waals surface area (Å²) in [5, 5.41) is 2.64. The summed E-state index contributed by atoms with van der Waals surface area (Å²) in [6, 6.07) is 1.32. The molecule has 0 saturated carbocycles. The molecule has 1 aliphatic heterocycles. The van der Waals surface area contributed by atoms with E-state index in [-0.39, 0.29) is 11.9 Å². The first-order chi connectivity index (χ1) is 9.15. The molecule has 2 heterocycles.